The predicted octanol–water partition coefficient (Wildman–Crippen LogP) is 8.71. The van der Waals surface area contributed by atoms with Crippen molar-refractivity contribution in [3.05, 3.63) is 100 Å². The second kappa shape index (κ2) is 11.5. The lowest BCUT2D eigenvalue weighted by atomic mass is 10.1. The minimum atomic E-state index is 0.0675. The molecule has 6 nitrogen and oxygen atoms in total. The van der Waals surface area contributed by atoms with E-state index in [0.29, 0.717) is 17.2 Å². The third-order valence-electron chi connectivity index (χ3n) is 5.15. The molecule has 0 saturated heterocycles. The molecule has 37 heavy (non-hydrogen) atoms. The number of aryl methyl sites for hydroxylation is 2. The van der Waals surface area contributed by atoms with Crippen LogP contribution >= 0.6 is 0 Å². The molecule has 0 amide bonds. The molecule has 0 aliphatic rings. The predicted molar refractivity (Wildman–Crippen MR) is 147 cm³/mol. The molecule has 4 aromatic rings. The highest BCUT2D eigenvalue weighted by molar-refractivity contribution is 5.61. The summed E-state index contributed by atoms with van der Waals surface area (Å²) in [6, 6.07) is 21.4. The Morgan fingerprint density at radius 2 is 1.00 bits per heavy atom. The molecule has 6 heteroatoms. The van der Waals surface area contributed by atoms with Gasteiger partial charge in [-0.05, 0) is 77.9 Å². The number of hydrogen-bond acceptors (Lipinski definition) is 6. The van der Waals surface area contributed by atoms with Gasteiger partial charge in [-0.3, -0.25) is 0 Å². The molecule has 0 radical (unpaired) electrons. The largest absolute Gasteiger partial charge is 0.424 e. The third-order valence-corrected chi connectivity index (χ3v) is 5.15. The van der Waals surface area contributed by atoms with Crippen molar-refractivity contribution in [2.75, 3.05) is 0 Å². The maximum atomic E-state index is 6.16. The van der Waals surface area contributed by atoms with Crippen LogP contribution in [0.4, 0.5) is 0 Å². The highest BCUT2D eigenvalue weighted by Crippen LogP contribution is 2.31. The molecule has 0 spiro atoms. The summed E-state index contributed by atoms with van der Waals surface area (Å²) in [5, 5.41) is 0. The van der Waals surface area contributed by atoms with E-state index in [9.17, 15) is 0 Å². The molecule has 0 aliphatic heterocycles. The fourth-order valence-electron chi connectivity index (χ4n) is 3.62. The van der Waals surface area contributed by atoms with Crippen LogP contribution in [0.5, 0.6) is 35.3 Å². The van der Waals surface area contributed by atoms with E-state index in [2.05, 4.69) is 39.2 Å². The lowest BCUT2D eigenvalue weighted by Crippen LogP contribution is -2.02. The molecule has 0 N–H and O–H groups in total. The zero-order valence-electron chi connectivity index (χ0n) is 22.1. The third kappa shape index (κ3) is 7.27. The average Bonchev–Trinajstić information content (AvgIpc) is 2.82. The van der Waals surface area contributed by atoms with E-state index in [1.54, 1.807) is 0 Å². The van der Waals surface area contributed by atoms with Gasteiger partial charge in [0.2, 0.25) is 0 Å². The number of ether oxygens (including phenoxy) is 3. The van der Waals surface area contributed by atoms with Crippen LogP contribution in [-0.2, 0) is 0 Å². The fraction of sp³-hybridized carbons (Fsp3) is 0.194. The van der Waals surface area contributed by atoms with Crippen molar-refractivity contribution in [3.8, 4) is 35.3 Å². The SMILES string of the molecule is CC(C)=Cc1cc(C)ccc1Oc1nc(Oc2ccccc2)nc(Oc2ccc(C)cc2C=C(C)C)n1. The first-order chi connectivity index (χ1) is 17.7. The van der Waals surface area contributed by atoms with Gasteiger partial charge in [0.1, 0.15) is 17.2 Å². The monoisotopic (exact) mass is 493 g/mol. The smallest absolute Gasteiger partial charge is 0.331 e. The molecule has 1 aromatic heterocycles. The number of rotatable bonds is 8. The highest BCUT2D eigenvalue weighted by Gasteiger charge is 2.15. The first-order valence-electron chi connectivity index (χ1n) is 12.1. The molecular weight excluding hydrogens is 462 g/mol. The first-order valence-corrected chi connectivity index (χ1v) is 12.1. The Kier molecular flexibility index (Phi) is 7.98. The van der Waals surface area contributed by atoms with Gasteiger partial charge in [0, 0.05) is 11.1 Å². The van der Waals surface area contributed by atoms with E-state index < -0.39 is 0 Å². The van der Waals surface area contributed by atoms with Gasteiger partial charge in [0.05, 0.1) is 0 Å². The lowest BCUT2D eigenvalue weighted by Gasteiger charge is -2.13. The Morgan fingerprint density at radius 1 is 0.568 bits per heavy atom. The number of aromatic nitrogens is 3. The Balaban J connectivity index is 1.75. The maximum Gasteiger partial charge on any atom is 0.331 e. The van der Waals surface area contributed by atoms with Crippen LogP contribution in [0.1, 0.15) is 49.9 Å². The molecule has 0 saturated carbocycles. The summed E-state index contributed by atoms with van der Waals surface area (Å²) in [5.74, 6) is 1.83. The van der Waals surface area contributed by atoms with Gasteiger partial charge in [-0.1, -0.05) is 64.8 Å². The summed E-state index contributed by atoms with van der Waals surface area (Å²) in [6.45, 7) is 12.2. The summed E-state index contributed by atoms with van der Waals surface area (Å²) < 4.78 is 18.2. The van der Waals surface area contributed by atoms with Crippen molar-refractivity contribution in [1.29, 1.82) is 0 Å². The molecule has 188 valence electrons. The fourth-order valence-corrected chi connectivity index (χ4v) is 3.62. The van der Waals surface area contributed by atoms with Gasteiger partial charge in [-0.2, -0.15) is 0 Å². The normalized spacial score (nSPS) is 10.4. The molecule has 4 rings (SSSR count). The van der Waals surface area contributed by atoms with Crippen molar-refractivity contribution >= 4 is 12.2 Å². The van der Waals surface area contributed by atoms with E-state index in [1.807, 2.05) is 96.1 Å². The molecule has 0 fully saturated rings. The van der Waals surface area contributed by atoms with Crippen molar-refractivity contribution in [3.63, 3.8) is 0 Å². The van der Waals surface area contributed by atoms with Gasteiger partial charge in [-0.15, -0.1) is 15.0 Å². The number of nitrogens with zero attached hydrogens (tertiary/aromatic N) is 3. The van der Waals surface area contributed by atoms with Gasteiger partial charge in [-0.25, -0.2) is 0 Å². The van der Waals surface area contributed by atoms with Gasteiger partial charge in [0.25, 0.3) is 0 Å². The van der Waals surface area contributed by atoms with Crippen LogP contribution < -0.4 is 14.2 Å². The standard InChI is InChI=1S/C31H31N3O3/c1-20(2)16-24-18-22(5)12-14-27(24)36-30-32-29(35-26-10-8-7-9-11-26)33-31(34-30)37-28-15-13-23(6)19-25(28)17-21(3)4/h7-19H,1-6H3. The van der Waals surface area contributed by atoms with Crippen molar-refractivity contribution < 1.29 is 14.2 Å². The minimum absolute atomic E-state index is 0.0675. The lowest BCUT2D eigenvalue weighted by molar-refractivity contribution is 0.361. The highest BCUT2D eigenvalue weighted by atomic mass is 16.5. The van der Waals surface area contributed by atoms with E-state index in [4.69, 9.17) is 14.2 Å². The van der Waals surface area contributed by atoms with Crippen molar-refractivity contribution in [1.82, 2.24) is 15.0 Å². The Hall–Kier alpha value is -4.45. The molecule has 0 atom stereocenters. The van der Waals surface area contributed by atoms with E-state index >= 15 is 0 Å². The van der Waals surface area contributed by atoms with Crippen LogP contribution in [-0.4, -0.2) is 15.0 Å². The summed E-state index contributed by atoms with van der Waals surface area (Å²) >= 11 is 0. The van der Waals surface area contributed by atoms with E-state index in [-0.39, 0.29) is 18.0 Å². The second-order valence-electron chi connectivity index (χ2n) is 9.33. The minimum Gasteiger partial charge on any atom is -0.424 e. The first kappa shape index (κ1) is 25.6. The number of benzene rings is 3. The van der Waals surface area contributed by atoms with Gasteiger partial charge >= 0.3 is 18.0 Å². The Bertz CT molecular complexity index is 1360. The van der Waals surface area contributed by atoms with E-state index in [0.717, 1.165) is 33.4 Å². The summed E-state index contributed by atoms with van der Waals surface area (Å²) in [7, 11) is 0. The molecule has 3 aromatic carbocycles. The topological polar surface area (TPSA) is 66.4 Å². The van der Waals surface area contributed by atoms with Crippen LogP contribution in [0, 0.1) is 13.8 Å². The van der Waals surface area contributed by atoms with Crippen LogP contribution in [0.2, 0.25) is 0 Å². The van der Waals surface area contributed by atoms with Crippen molar-refractivity contribution in [2.45, 2.75) is 41.5 Å². The van der Waals surface area contributed by atoms with Crippen LogP contribution in [0.25, 0.3) is 12.2 Å². The Morgan fingerprint density at radius 3 is 1.43 bits per heavy atom. The Labute approximate surface area is 218 Å². The molecule has 0 bridgehead atoms. The molecule has 0 unspecified atom stereocenters. The maximum absolute atomic E-state index is 6.16. The quantitative estimate of drug-likeness (QED) is 0.244. The summed E-state index contributed by atoms with van der Waals surface area (Å²) in [6.07, 6.45) is 4.11. The van der Waals surface area contributed by atoms with Crippen molar-refractivity contribution in [2.24, 2.45) is 0 Å². The number of hydrogen-bond donors (Lipinski definition) is 0. The molecule has 0 aliphatic carbocycles. The van der Waals surface area contributed by atoms with Gasteiger partial charge in [0.15, 0.2) is 0 Å². The van der Waals surface area contributed by atoms with Gasteiger partial charge < -0.3 is 14.2 Å². The van der Waals surface area contributed by atoms with Crippen LogP contribution in [0.15, 0.2) is 77.9 Å². The number of para-hydroxylation sites is 1. The second-order valence-corrected chi connectivity index (χ2v) is 9.33. The zero-order chi connectivity index (χ0) is 26.4. The molecule has 1 heterocycles. The molecular formula is C31H31N3O3. The average molecular weight is 494 g/mol. The van der Waals surface area contributed by atoms with Crippen LogP contribution in [0.3, 0.4) is 0 Å². The van der Waals surface area contributed by atoms with E-state index in [1.165, 1.54) is 0 Å². The number of allylic oxidation sites excluding steroid dienone is 2. The summed E-state index contributed by atoms with van der Waals surface area (Å²) in [5.41, 5.74) is 6.40. The zero-order valence-corrected chi connectivity index (χ0v) is 22.1. The summed E-state index contributed by atoms with van der Waals surface area (Å²) in [4.78, 5) is 13.3.